The summed E-state index contributed by atoms with van der Waals surface area (Å²) >= 11 is 1.94. The first-order chi connectivity index (χ1) is 32.2. The summed E-state index contributed by atoms with van der Waals surface area (Å²) < 4.78 is 1.32. The van der Waals surface area contributed by atoms with Crippen LogP contribution < -0.4 is 9.80 Å². The number of anilines is 6. The zero-order chi connectivity index (χ0) is 42.9. The van der Waals surface area contributed by atoms with Gasteiger partial charge < -0.3 is 9.80 Å². The first kappa shape index (κ1) is 37.6. The van der Waals surface area contributed by atoms with Crippen molar-refractivity contribution in [1.82, 2.24) is 0 Å². The molecule has 306 valence electrons. The number of nitrogens with zero attached hydrogens (tertiary/aromatic N) is 2. The second kappa shape index (κ2) is 15.1. The minimum Gasteiger partial charge on any atom is -0.310 e. The molecule has 0 bridgehead atoms. The highest BCUT2D eigenvalue weighted by Gasteiger charge is 2.48. The molecule has 0 atom stereocenters. The van der Waals surface area contributed by atoms with Gasteiger partial charge in [0, 0.05) is 60.8 Å². The maximum absolute atomic E-state index is 2.49. The molecule has 0 fully saturated rings. The van der Waals surface area contributed by atoms with Gasteiger partial charge in [0.25, 0.3) is 0 Å². The topological polar surface area (TPSA) is 6.48 Å². The quantitative estimate of drug-likeness (QED) is 0.158. The number of thiophene rings is 1. The molecule has 2 aliphatic rings. The van der Waals surface area contributed by atoms with Gasteiger partial charge in [0.05, 0.1) is 11.1 Å². The smallest absolute Gasteiger partial charge is 0.0808 e. The van der Waals surface area contributed by atoms with E-state index in [-0.39, 0.29) is 0 Å². The van der Waals surface area contributed by atoms with Crippen LogP contribution in [0.25, 0.3) is 43.1 Å². The number of fused-ring (bicyclic) bond motifs is 8. The molecule has 0 saturated carbocycles. The van der Waals surface area contributed by atoms with Crippen molar-refractivity contribution in [3.63, 3.8) is 0 Å². The fourth-order valence-corrected chi connectivity index (χ4v) is 12.3. The van der Waals surface area contributed by atoms with E-state index in [1.807, 2.05) is 11.3 Å². The number of hydrogen-bond acceptors (Lipinski definition) is 3. The largest absolute Gasteiger partial charge is 0.310 e. The Hall–Kier alpha value is -7.98. The highest BCUT2D eigenvalue weighted by Crippen LogP contribution is 2.62. The maximum Gasteiger partial charge on any atom is 0.0808 e. The molecule has 65 heavy (non-hydrogen) atoms. The number of hydrogen-bond donors (Lipinski definition) is 0. The van der Waals surface area contributed by atoms with Gasteiger partial charge in [0.15, 0.2) is 0 Å². The number of benzene rings is 10. The molecule has 11 aromatic rings. The highest BCUT2D eigenvalue weighted by atomic mass is 32.1. The predicted molar refractivity (Wildman–Crippen MR) is 274 cm³/mol. The number of rotatable bonds is 7. The Labute approximate surface area is 383 Å². The molecular weight excluding hydrogens is 805 g/mol. The van der Waals surface area contributed by atoms with Gasteiger partial charge >= 0.3 is 0 Å². The molecule has 3 heteroatoms. The maximum atomic E-state index is 2.49. The monoisotopic (exact) mass is 846 g/mol. The summed E-state index contributed by atoms with van der Waals surface area (Å²) in [6.07, 6.45) is 0.893. The fourth-order valence-electron chi connectivity index (χ4n) is 10.8. The lowest BCUT2D eigenvalue weighted by atomic mass is 9.70. The average molecular weight is 847 g/mol. The van der Waals surface area contributed by atoms with Gasteiger partial charge in [-0.15, -0.1) is 11.3 Å². The third-order valence-electron chi connectivity index (χ3n) is 13.7. The average Bonchev–Trinajstić information content (AvgIpc) is 3.90. The van der Waals surface area contributed by atoms with Crippen molar-refractivity contribution in [1.29, 1.82) is 0 Å². The van der Waals surface area contributed by atoms with E-state index in [1.54, 1.807) is 0 Å². The zero-order valence-corrected chi connectivity index (χ0v) is 36.4. The summed E-state index contributed by atoms with van der Waals surface area (Å²) in [7, 11) is 0. The van der Waals surface area contributed by atoms with Crippen molar-refractivity contribution in [3.05, 3.63) is 275 Å². The Kier molecular flexibility index (Phi) is 8.72. The van der Waals surface area contributed by atoms with Crippen LogP contribution in [0.1, 0.15) is 32.7 Å². The van der Waals surface area contributed by atoms with Gasteiger partial charge in [-0.25, -0.2) is 0 Å². The van der Waals surface area contributed by atoms with E-state index in [9.17, 15) is 0 Å². The van der Waals surface area contributed by atoms with E-state index in [1.165, 1.54) is 92.9 Å². The van der Waals surface area contributed by atoms with Crippen LogP contribution in [0.2, 0.25) is 0 Å². The van der Waals surface area contributed by atoms with E-state index >= 15 is 0 Å². The summed E-state index contributed by atoms with van der Waals surface area (Å²) in [6, 6.07) is 89.7. The lowest BCUT2D eigenvalue weighted by molar-refractivity contribution is 0.785. The molecule has 0 amide bonds. The van der Waals surface area contributed by atoms with Crippen LogP contribution in [-0.4, -0.2) is 0 Å². The third-order valence-corrected chi connectivity index (χ3v) is 15.0. The lowest BCUT2D eigenvalue weighted by Crippen LogP contribution is -2.28. The Morgan fingerprint density at radius 3 is 1.85 bits per heavy atom. The van der Waals surface area contributed by atoms with Crippen molar-refractivity contribution in [2.45, 2.75) is 11.8 Å². The van der Waals surface area contributed by atoms with Crippen LogP contribution >= 0.6 is 11.3 Å². The molecule has 13 rings (SSSR count). The van der Waals surface area contributed by atoms with Gasteiger partial charge in [0.1, 0.15) is 0 Å². The summed E-state index contributed by atoms with van der Waals surface area (Å²) in [5, 5.41) is 3.74. The number of para-hydroxylation sites is 2. The van der Waals surface area contributed by atoms with Crippen LogP contribution in [0.4, 0.5) is 34.1 Å². The van der Waals surface area contributed by atoms with Gasteiger partial charge in [-0.3, -0.25) is 0 Å². The first-order valence-electron chi connectivity index (χ1n) is 22.5. The normalized spacial score (nSPS) is 13.3. The molecule has 1 aliphatic heterocycles. The van der Waals surface area contributed by atoms with Crippen molar-refractivity contribution >= 4 is 66.3 Å². The Balaban J connectivity index is 0.980. The minimum atomic E-state index is -0.510. The molecule has 0 N–H and O–H groups in total. The molecule has 2 nitrogen and oxygen atoms in total. The lowest BCUT2D eigenvalue weighted by Gasteiger charge is -2.34. The molecule has 0 radical (unpaired) electrons. The van der Waals surface area contributed by atoms with Crippen molar-refractivity contribution in [2.24, 2.45) is 0 Å². The van der Waals surface area contributed by atoms with Gasteiger partial charge in [-0.05, 0) is 117 Å². The first-order valence-corrected chi connectivity index (χ1v) is 23.3. The van der Waals surface area contributed by atoms with Crippen LogP contribution in [0.15, 0.2) is 243 Å². The molecule has 0 unspecified atom stereocenters. The van der Waals surface area contributed by atoms with Crippen molar-refractivity contribution in [3.8, 4) is 22.3 Å². The summed E-state index contributed by atoms with van der Waals surface area (Å²) in [6.45, 7) is 0. The third kappa shape index (κ3) is 5.86. The van der Waals surface area contributed by atoms with Gasteiger partial charge in [-0.1, -0.05) is 176 Å². The minimum absolute atomic E-state index is 0.510. The Morgan fingerprint density at radius 1 is 0.446 bits per heavy atom. The van der Waals surface area contributed by atoms with Crippen LogP contribution in [0.3, 0.4) is 0 Å². The van der Waals surface area contributed by atoms with Crippen LogP contribution in [-0.2, 0) is 11.8 Å². The van der Waals surface area contributed by atoms with E-state index in [4.69, 9.17) is 0 Å². The Bertz CT molecular complexity index is 3530. The molecule has 1 aromatic heterocycles. The van der Waals surface area contributed by atoms with E-state index in [0.29, 0.717) is 0 Å². The summed E-state index contributed by atoms with van der Waals surface area (Å²) in [4.78, 5) is 6.26. The zero-order valence-electron chi connectivity index (χ0n) is 35.6. The summed E-state index contributed by atoms with van der Waals surface area (Å²) in [5.41, 5.74) is 18.1. The van der Waals surface area contributed by atoms with Gasteiger partial charge in [0.2, 0.25) is 0 Å². The molecule has 0 spiro atoms. The molecule has 10 aromatic carbocycles. The Morgan fingerprint density at radius 2 is 1.06 bits per heavy atom. The van der Waals surface area contributed by atoms with E-state index < -0.39 is 5.41 Å². The van der Waals surface area contributed by atoms with E-state index in [2.05, 4.69) is 252 Å². The second-order valence-electron chi connectivity index (χ2n) is 17.2. The fraction of sp³-hybridized carbons (Fsp3) is 0.0323. The van der Waals surface area contributed by atoms with E-state index in [0.717, 1.165) is 23.5 Å². The van der Waals surface area contributed by atoms with Crippen molar-refractivity contribution < 1.29 is 0 Å². The van der Waals surface area contributed by atoms with Crippen LogP contribution in [0.5, 0.6) is 0 Å². The summed E-state index contributed by atoms with van der Waals surface area (Å²) in [5.74, 6) is 0. The highest BCUT2D eigenvalue weighted by molar-refractivity contribution is 7.20. The molecule has 1 aliphatic carbocycles. The molecular formula is C62H42N2S. The second-order valence-corrected chi connectivity index (χ2v) is 18.3. The SMILES string of the molecule is c1ccc(N2c3ccccc3Cc3cc(-c4ccc(N(c5ccc6c(c5)C(c5ccccc5)(c5ccccc5)c5sc7ccccc7c5-6)c5cccc6ccccc56)cc4)ccc32)cc1. The van der Waals surface area contributed by atoms with Gasteiger partial charge in [-0.2, -0.15) is 0 Å². The van der Waals surface area contributed by atoms with Crippen molar-refractivity contribution in [2.75, 3.05) is 9.80 Å². The van der Waals surface area contributed by atoms with Crippen LogP contribution in [0, 0.1) is 0 Å². The standard InChI is InChI=1S/C62H42N2S/c1-4-20-47(21-5-1)62(48-22-6-2-7-23-48)55-41-51(36-37-53(55)60-54-27-13-15-30-59(54)65-61(60)62)63(58-29-16-19-43-17-10-12-26-52(43)58)50-34-31-42(32-35-50)44-33-38-57-46(39-44)40-45-18-11-14-28-56(45)64(57)49-24-8-3-9-25-49/h1-39,41H,40H2. The molecule has 0 saturated heterocycles. The predicted octanol–water partition coefficient (Wildman–Crippen LogP) is 16.9. The molecule has 2 heterocycles.